The van der Waals surface area contributed by atoms with Gasteiger partial charge in [-0.1, -0.05) is 65.1 Å². The maximum absolute atomic E-state index is 12.7. The fourth-order valence-electron chi connectivity index (χ4n) is 3.29. The molecule has 176 valence electrons. The number of hydrogen-bond donors (Lipinski definition) is 1. The summed E-state index contributed by atoms with van der Waals surface area (Å²) in [7, 11) is 0. The quantitative estimate of drug-likeness (QED) is 0.233. The number of ketones is 1. The average Bonchev–Trinajstić information content (AvgIpc) is 2.80. The van der Waals surface area contributed by atoms with Crippen molar-refractivity contribution >= 4 is 52.5 Å². The van der Waals surface area contributed by atoms with Crippen LogP contribution in [0, 0.1) is 0 Å². The minimum atomic E-state index is -0.932. The normalized spacial score (nSPS) is 11.5. The van der Waals surface area contributed by atoms with Crippen molar-refractivity contribution < 1.29 is 19.1 Å². The van der Waals surface area contributed by atoms with E-state index in [9.17, 15) is 14.4 Å². The molecular formula is C25H21Cl3N2O4. The number of halogens is 3. The van der Waals surface area contributed by atoms with Crippen molar-refractivity contribution in [3.8, 4) is 0 Å². The van der Waals surface area contributed by atoms with Crippen molar-refractivity contribution in [3.63, 3.8) is 0 Å². The Hall–Kier alpha value is -2.93. The third-order valence-electron chi connectivity index (χ3n) is 4.95. The first-order valence-corrected chi connectivity index (χ1v) is 11.6. The lowest BCUT2D eigenvalue weighted by atomic mass is 9.99. The molecule has 3 rings (SSSR count). The number of nitrogens with zero attached hydrogens (tertiary/aromatic N) is 1. The van der Waals surface area contributed by atoms with Crippen LogP contribution in [-0.4, -0.2) is 35.3 Å². The van der Waals surface area contributed by atoms with Gasteiger partial charge in [-0.3, -0.25) is 9.59 Å². The molecular weight excluding hydrogens is 499 g/mol. The second-order valence-corrected chi connectivity index (χ2v) is 8.51. The van der Waals surface area contributed by atoms with Gasteiger partial charge in [-0.15, -0.1) is 0 Å². The standard InChI is InChI=1S/C25H21Cl3N2O4/c1-2-34-25(33)20(30-24(32)17-5-4-12-29-23(17)28)13-15-8-10-16(11-9-15)14-21(31)22-18(26)6-3-7-19(22)27/h3-12,20H,2,13-14H2,1H3,(H,30,32)/t20-/m0/s1. The molecule has 0 aliphatic heterocycles. The lowest BCUT2D eigenvalue weighted by Gasteiger charge is -2.18. The van der Waals surface area contributed by atoms with Crippen LogP contribution in [0.4, 0.5) is 0 Å². The Balaban J connectivity index is 1.72. The molecule has 0 spiro atoms. The maximum Gasteiger partial charge on any atom is 0.328 e. The summed E-state index contributed by atoms with van der Waals surface area (Å²) < 4.78 is 5.12. The Kier molecular flexibility index (Phi) is 9.05. The number of carbonyl (C=O) groups is 3. The van der Waals surface area contributed by atoms with Gasteiger partial charge in [-0.05, 0) is 42.3 Å². The summed E-state index contributed by atoms with van der Waals surface area (Å²) in [6, 6.07) is 14.2. The molecule has 2 aromatic carbocycles. The Labute approximate surface area is 212 Å². The summed E-state index contributed by atoms with van der Waals surface area (Å²) in [4.78, 5) is 41.7. The van der Waals surface area contributed by atoms with Crippen LogP contribution in [-0.2, 0) is 22.4 Å². The van der Waals surface area contributed by atoms with Crippen molar-refractivity contribution in [1.29, 1.82) is 0 Å². The number of Topliss-reactive ketones (excluding diaryl/α,β-unsaturated/α-hetero) is 1. The Morgan fingerprint density at radius 2 is 1.59 bits per heavy atom. The van der Waals surface area contributed by atoms with Gasteiger partial charge in [0.15, 0.2) is 5.78 Å². The molecule has 0 fully saturated rings. The van der Waals surface area contributed by atoms with E-state index in [1.807, 2.05) is 0 Å². The van der Waals surface area contributed by atoms with Gasteiger partial charge in [0.2, 0.25) is 0 Å². The number of ether oxygens (including phenoxy) is 1. The highest BCUT2D eigenvalue weighted by atomic mass is 35.5. The van der Waals surface area contributed by atoms with E-state index in [2.05, 4.69) is 10.3 Å². The van der Waals surface area contributed by atoms with Gasteiger partial charge in [0.1, 0.15) is 11.2 Å². The zero-order valence-corrected chi connectivity index (χ0v) is 20.5. The molecule has 3 aromatic rings. The zero-order chi connectivity index (χ0) is 24.7. The summed E-state index contributed by atoms with van der Waals surface area (Å²) >= 11 is 18.3. The van der Waals surface area contributed by atoms with Gasteiger partial charge < -0.3 is 10.1 Å². The molecule has 1 heterocycles. The van der Waals surface area contributed by atoms with Crippen LogP contribution in [0.3, 0.4) is 0 Å². The molecule has 0 radical (unpaired) electrons. The average molecular weight is 520 g/mol. The lowest BCUT2D eigenvalue weighted by molar-refractivity contribution is -0.145. The number of esters is 1. The van der Waals surface area contributed by atoms with Crippen molar-refractivity contribution in [3.05, 3.63) is 98.2 Å². The van der Waals surface area contributed by atoms with E-state index < -0.39 is 17.9 Å². The number of pyridine rings is 1. The molecule has 9 heteroatoms. The Morgan fingerprint density at radius 3 is 2.21 bits per heavy atom. The van der Waals surface area contributed by atoms with E-state index in [1.54, 1.807) is 55.5 Å². The predicted molar refractivity (Wildman–Crippen MR) is 132 cm³/mol. The second kappa shape index (κ2) is 12.0. The molecule has 1 atom stereocenters. The SMILES string of the molecule is CCOC(=O)[C@H](Cc1ccc(CC(=O)c2c(Cl)cccc2Cl)cc1)NC(=O)c1cccnc1Cl. The smallest absolute Gasteiger partial charge is 0.328 e. The number of rotatable bonds is 9. The van der Waals surface area contributed by atoms with E-state index in [4.69, 9.17) is 39.5 Å². The van der Waals surface area contributed by atoms with Gasteiger partial charge >= 0.3 is 5.97 Å². The molecule has 1 amide bonds. The fourth-order valence-corrected chi connectivity index (χ4v) is 4.11. The topological polar surface area (TPSA) is 85.4 Å². The molecule has 34 heavy (non-hydrogen) atoms. The monoisotopic (exact) mass is 518 g/mol. The minimum absolute atomic E-state index is 0.0373. The van der Waals surface area contributed by atoms with E-state index in [-0.39, 0.29) is 41.5 Å². The van der Waals surface area contributed by atoms with E-state index >= 15 is 0 Å². The summed E-state index contributed by atoms with van der Waals surface area (Å²) in [6.45, 7) is 1.86. The third-order valence-corrected chi connectivity index (χ3v) is 5.88. The van der Waals surface area contributed by atoms with Crippen LogP contribution >= 0.6 is 34.8 Å². The number of benzene rings is 2. The van der Waals surface area contributed by atoms with Gasteiger partial charge in [0.25, 0.3) is 5.91 Å². The van der Waals surface area contributed by atoms with Crippen LogP contribution in [0.5, 0.6) is 0 Å². The number of amides is 1. The van der Waals surface area contributed by atoms with Gasteiger partial charge in [-0.2, -0.15) is 0 Å². The van der Waals surface area contributed by atoms with E-state index in [1.165, 1.54) is 12.3 Å². The first-order chi connectivity index (χ1) is 16.3. The zero-order valence-electron chi connectivity index (χ0n) is 18.2. The molecule has 0 aliphatic carbocycles. The molecule has 6 nitrogen and oxygen atoms in total. The first-order valence-electron chi connectivity index (χ1n) is 10.4. The summed E-state index contributed by atoms with van der Waals surface area (Å²) in [5.41, 5.74) is 1.96. The van der Waals surface area contributed by atoms with E-state index in [0.717, 1.165) is 11.1 Å². The van der Waals surface area contributed by atoms with E-state index in [0.29, 0.717) is 10.0 Å². The van der Waals surface area contributed by atoms with Crippen LogP contribution in [0.15, 0.2) is 60.8 Å². The highest BCUT2D eigenvalue weighted by molar-refractivity contribution is 6.39. The summed E-state index contributed by atoms with van der Waals surface area (Å²) in [5.74, 6) is -1.30. The predicted octanol–water partition coefficient (Wildman–Crippen LogP) is 5.37. The molecule has 0 bridgehead atoms. The van der Waals surface area contributed by atoms with Crippen molar-refractivity contribution in [1.82, 2.24) is 10.3 Å². The summed E-state index contributed by atoms with van der Waals surface area (Å²) in [6.07, 6.45) is 1.77. The van der Waals surface area contributed by atoms with Crippen molar-refractivity contribution in [2.75, 3.05) is 6.61 Å². The van der Waals surface area contributed by atoms with Crippen molar-refractivity contribution in [2.45, 2.75) is 25.8 Å². The Morgan fingerprint density at radius 1 is 0.941 bits per heavy atom. The maximum atomic E-state index is 12.7. The van der Waals surface area contributed by atoms with Gasteiger partial charge in [-0.25, -0.2) is 9.78 Å². The number of nitrogens with one attached hydrogen (secondary N) is 1. The van der Waals surface area contributed by atoms with Crippen LogP contribution in [0.2, 0.25) is 15.2 Å². The minimum Gasteiger partial charge on any atom is -0.464 e. The van der Waals surface area contributed by atoms with Crippen LogP contribution < -0.4 is 5.32 Å². The number of carbonyl (C=O) groups excluding carboxylic acids is 3. The highest BCUT2D eigenvalue weighted by Crippen LogP contribution is 2.26. The molecule has 1 N–H and O–H groups in total. The molecule has 0 saturated carbocycles. The van der Waals surface area contributed by atoms with Crippen LogP contribution in [0.1, 0.15) is 38.8 Å². The first kappa shape index (κ1) is 25.7. The van der Waals surface area contributed by atoms with Gasteiger partial charge in [0, 0.05) is 19.0 Å². The largest absolute Gasteiger partial charge is 0.464 e. The van der Waals surface area contributed by atoms with Crippen LogP contribution in [0.25, 0.3) is 0 Å². The number of aromatic nitrogens is 1. The lowest BCUT2D eigenvalue weighted by Crippen LogP contribution is -2.43. The highest BCUT2D eigenvalue weighted by Gasteiger charge is 2.24. The summed E-state index contributed by atoms with van der Waals surface area (Å²) in [5, 5.41) is 3.31. The molecule has 0 aliphatic rings. The molecule has 0 saturated heterocycles. The van der Waals surface area contributed by atoms with Gasteiger partial charge in [0.05, 0.1) is 27.8 Å². The third kappa shape index (κ3) is 6.56. The fraction of sp³-hybridized carbons (Fsp3) is 0.200. The van der Waals surface area contributed by atoms with Crippen molar-refractivity contribution in [2.24, 2.45) is 0 Å². The second-order valence-electron chi connectivity index (χ2n) is 7.34. The number of hydrogen-bond acceptors (Lipinski definition) is 5. The molecule has 1 aromatic heterocycles. The Bertz CT molecular complexity index is 1180. The molecule has 0 unspecified atom stereocenters.